The maximum Gasteiger partial charge on any atom is 0.121 e. The Morgan fingerprint density at radius 2 is 1.95 bits per heavy atom. The van der Waals surface area contributed by atoms with Gasteiger partial charge in [-0.05, 0) is 50.2 Å². The Morgan fingerprint density at radius 3 is 2.76 bits per heavy atom. The Labute approximate surface area is 126 Å². The van der Waals surface area contributed by atoms with Crippen LogP contribution >= 0.6 is 11.3 Å². The van der Waals surface area contributed by atoms with Gasteiger partial charge < -0.3 is 15.5 Å². The van der Waals surface area contributed by atoms with Gasteiger partial charge in [0.1, 0.15) is 11.5 Å². The Kier molecular flexibility index (Phi) is 3.43. The lowest BCUT2D eigenvalue weighted by atomic mass is 10.1. The molecule has 0 spiro atoms. The number of fused-ring (bicyclic) bond motifs is 1. The van der Waals surface area contributed by atoms with Crippen molar-refractivity contribution in [1.29, 1.82) is 0 Å². The van der Waals surface area contributed by atoms with Crippen LogP contribution in [0.15, 0.2) is 36.4 Å². The van der Waals surface area contributed by atoms with E-state index in [2.05, 4.69) is 16.4 Å². The summed E-state index contributed by atoms with van der Waals surface area (Å²) in [5, 5.41) is 23.8. The van der Waals surface area contributed by atoms with E-state index in [0.717, 1.165) is 20.9 Å². The molecule has 2 aromatic carbocycles. The van der Waals surface area contributed by atoms with Gasteiger partial charge in [0.2, 0.25) is 0 Å². The van der Waals surface area contributed by atoms with Gasteiger partial charge >= 0.3 is 0 Å². The zero-order valence-electron chi connectivity index (χ0n) is 11.8. The molecule has 5 heteroatoms. The molecule has 21 heavy (non-hydrogen) atoms. The van der Waals surface area contributed by atoms with Gasteiger partial charge in [0, 0.05) is 11.3 Å². The molecule has 0 aliphatic rings. The molecule has 3 aromatic rings. The lowest BCUT2D eigenvalue weighted by Crippen LogP contribution is -2.06. The van der Waals surface area contributed by atoms with E-state index < -0.39 is 0 Å². The summed E-state index contributed by atoms with van der Waals surface area (Å²) in [7, 11) is 0. The summed E-state index contributed by atoms with van der Waals surface area (Å²) in [6, 6.07) is 10.4. The molecular formula is C16H16N2O2S. The second-order valence-corrected chi connectivity index (χ2v) is 6.26. The van der Waals surface area contributed by atoms with Crippen molar-refractivity contribution < 1.29 is 10.2 Å². The molecule has 0 saturated heterocycles. The molecule has 0 aliphatic heterocycles. The smallest absolute Gasteiger partial charge is 0.121 e. The van der Waals surface area contributed by atoms with Crippen molar-refractivity contribution in [3.05, 3.63) is 47.0 Å². The van der Waals surface area contributed by atoms with Gasteiger partial charge in [0.25, 0.3) is 0 Å². The van der Waals surface area contributed by atoms with E-state index in [4.69, 9.17) is 0 Å². The molecule has 3 N–H and O–H groups in total. The number of aromatic nitrogens is 1. The number of phenols is 2. The van der Waals surface area contributed by atoms with Crippen molar-refractivity contribution in [3.63, 3.8) is 0 Å². The van der Waals surface area contributed by atoms with Crippen molar-refractivity contribution in [3.8, 4) is 11.5 Å². The van der Waals surface area contributed by atoms with Crippen molar-refractivity contribution >= 4 is 27.2 Å². The highest BCUT2D eigenvalue weighted by Gasteiger charge is 2.12. The molecule has 1 aromatic heterocycles. The minimum Gasteiger partial charge on any atom is -0.508 e. The van der Waals surface area contributed by atoms with Crippen LogP contribution in [0.3, 0.4) is 0 Å². The summed E-state index contributed by atoms with van der Waals surface area (Å²) in [5.41, 5.74) is 2.62. The largest absolute Gasteiger partial charge is 0.508 e. The monoisotopic (exact) mass is 300 g/mol. The third-order valence-electron chi connectivity index (χ3n) is 3.36. The average Bonchev–Trinajstić information content (AvgIpc) is 2.80. The maximum absolute atomic E-state index is 9.90. The standard InChI is InChI=1S/C16H16N2O2S/c1-9(13-8-12(19)4-6-15(13)20)17-11-3-5-14-16(7-11)21-10(2)18-14/h3-9,17,19-20H,1-2H3. The van der Waals surface area contributed by atoms with Crippen LogP contribution in [0.5, 0.6) is 11.5 Å². The predicted octanol–water partition coefficient (Wildman–Crippen LogP) is 4.19. The van der Waals surface area contributed by atoms with E-state index in [1.54, 1.807) is 17.4 Å². The molecule has 3 rings (SSSR count). The molecule has 0 aliphatic carbocycles. The molecule has 0 amide bonds. The second-order valence-electron chi connectivity index (χ2n) is 5.02. The zero-order valence-corrected chi connectivity index (χ0v) is 12.6. The minimum atomic E-state index is -0.122. The van der Waals surface area contributed by atoms with Crippen LogP contribution in [0.4, 0.5) is 5.69 Å². The van der Waals surface area contributed by atoms with Gasteiger partial charge in [0.15, 0.2) is 0 Å². The summed E-state index contributed by atoms with van der Waals surface area (Å²) in [5.74, 6) is 0.312. The van der Waals surface area contributed by atoms with Crippen LogP contribution in [0.25, 0.3) is 10.2 Å². The summed E-state index contributed by atoms with van der Waals surface area (Å²) < 4.78 is 1.13. The number of hydrogen-bond acceptors (Lipinski definition) is 5. The van der Waals surface area contributed by atoms with Gasteiger partial charge in [-0.3, -0.25) is 0 Å². The third-order valence-corrected chi connectivity index (χ3v) is 4.29. The summed E-state index contributed by atoms with van der Waals surface area (Å²) in [6.07, 6.45) is 0. The lowest BCUT2D eigenvalue weighted by molar-refractivity contribution is 0.451. The lowest BCUT2D eigenvalue weighted by Gasteiger charge is -2.17. The molecule has 0 fully saturated rings. The van der Waals surface area contributed by atoms with Crippen molar-refractivity contribution in [1.82, 2.24) is 4.98 Å². The predicted molar refractivity (Wildman–Crippen MR) is 86.2 cm³/mol. The summed E-state index contributed by atoms with van der Waals surface area (Å²) in [4.78, 5) is 4.43. The molecule has 4 nitrogen and oxygen atoms in total. The topological polar surface area (TPSA) is 65.4 Å². The minimum absolute atomic E-state index is 0.122. The van der Waals surface area contributed by atoms with E-state index in [1.807, 2.05) is 26.0 Å². The normalized spacial score (nSPS) is 12.5. The molecular weight excluding hydrogens is 284 g/mol. The van der Waals surface area contributed by atoms with Gasteiger partial charge in [-0.2, -0.15) is 0 Å². The molecule has 1 unspecified atom stereocenters. The molecule has 108 valence electrons. The van der Waals surface area contributed by atoms with Gasteiger partial charge in [-0.1, -0.05) is 0 Å². The van der Waals surface area contributed by atoms with Gasteiger partial charge in [0.05, 0.1) is 21.3 Å². The van der Waals surface area contributed by atoms with Crippen LogP contribution < -0.4 is 5.32 Å². The van der Waals surface area contributed by atoms with Crippen molar-refractivity contribution in [2.75, 3.05) is 5.32 Å². The molecule has 0 bridgehead atoms. The van der Waals surface area contributed by atoms with Crippen LogP contribution in [0.2, 0.25) is 0 Å². The fraction of sp³-hybridized carbons (Fsp3) is 0.188. The van der Waals surface area contributed by atoms with E-state index >= 15 is 0 Å². The number of thiazole rings is 1. The van der Waals surface area contributed by atoms with E-state index in [9.17, 15) is 10.2 Å². The molecule has 1 heterocycles. The van der Waals surface area contributed by atoms with E-state index in [0.29, 0.717) is 5.56 Å². The summed E-state index contributed by atoms with van der Waals surface area (Å²) >= 11 is 1.65. The van der Waals surface area contributed by atoms with Crippen LogP contribution in [-0.2, 0) is 0 Å². The Balaban J connectivity index is 1.88. The number of hydrogen-bond donors (Lipinski definition) is 3. The molecule has 1 atom stereocenters. The quantitative estimate of drug-likeness (QED) is 0.635. The number of nitrogens with one attached hydrogen (secondary N) is 1. The number of phenolic OH excluding ortho intramolecular Hbond substituents is 2. The highest BCUT2D eigenvalue weighted by atomic mass is 32.1. The maximum atomic E-state index is 9.90. The first-order chi connectivity index (χ1) is 10.0. The number of nitrogens with zero attached hydrogens (tertiary/aromatic N) is 1. The first kappa shape index (κ1) is 13.7. The second kappa shape index (κ2) is 5.26. The highest BCUT2D eigenvalue weighted by molar-refractivity contribution is 7.18. The molecule has 0 saturated carbocycles. The van der Waals surface area contributed by atoms with Crippen LogP contribution in [0.1, 0.15) is 23.5 Å². The third kappa shape index (κ3) is 2.78. The number of benzene rings is 2. The Hall–Kier alpha value is -2.27. The zero-order chi connectivity index (χ0) is 15.0. The number of rotatable bonds is 3. The highest BCUT2D eigenvalue weighted by Crippen LogP contribution is 2.31. The Morgan fingerprint density at radius 1 is 1.14 bits per heavy atom. The Bertz CT molecular complexity index is 798. The van der Waals surface area contributed by atoms with E-state index in [1.165, 1.54) is 12.1 Å². The summed E-state index contributed by atoms with van der Waals surface area (Å²) in [6.45, 7) is 3.93. The van der Waals surface area contributed by atoms with Crippen molar-refractivity contribution in [2.24, 2.45) is 0 Å². The van der Waals surface area contributed by atoms with Crippen LogP contribution in [0, 0.1) is 6.92 Å². The van der Waals surface area contributed by atoms with Gasteiger partial charge in [-0.15, -0.1) is 11.3 Å². The SMILES string of the molecule is Cc1nc2ccc(NC(C)c3cc(O)ccc3O)cc2s1. The number of anilines is 1. The first-order valence-electron chi connectivity index (χ1n) is 6.68. The van der Waals surface area contributed by atoms with Gasteiger partial charge in [-0.25, -0.2) is 4.98 Å². The number of aromatic hydroxyl groups is 2. The fourth-order valence-electron chi connectivity index (χ4n) is 2.35. The van der Waals surface area contributed by atoms with E-state index in [-0.39, 0.29) is 17.5 Å². The average molecular weight is 300 g/mol. The van der Waals surface area contributed by atoms with Crippen LogP contribution in [-0.4, -0.2) is 15.2 Å². The number of aryl methyl sites for hydroxylation is 1. The van der Waals surface area contributed by atoms with Crippen molar-refractivity contribution in [2.45, 2.75) is 19.9 Å². The first-order valence-corrected chi connectivity index (χ1v) is 7.50. The fourth-order valence-corrected chi connectivity index (χ4v) is 3.21. The molecule has 0 radical (unpaired) electrons.